The van der Waals surface area contributed by atoms with Gasteiger partial charge in [0.2, 0.25) is 0 Å². The molecule has 11 atom stereocenters. The maximum atomic E-state index is 12.7. The average molecular weight is 577 g/mol. The number of ether oxygens (including phenoxy) is 3. The average Bonchev–Trinajstić information content (AvgIpc) is 2.87. The summed E-state index contributed by atoms with van der Waals surface area (Å²) in [4.78, 5) is 24.4. The van der Waals surface area contributed by atoms with E-state index < -0.39 is 42.0 Å². The van der Waals surface area contributed by atoms with Gasteiger partial charge in [-0.15, -0.1) is 0 Å². The first-order valence-electron chi connectivity index (χ1n) is 14.9. The highest BCUT2D eigenvalue weighted by Crippen LogP contribution is 2.39. The van der Waals surface area contributed by atoms with Crippen molar-refractivity contribution in [2.45, 2.75) is 110 Å². The number of hydrogen-bond donors (Lipinski definition) is 3. The zero-order valence-electron chi connectivity index (χ0n) is 26.0. The second kappa shape index (κ2) is 15.8. The highest BCUT2D eigenvalue weighted by atomic mass is 16.6. The van der Waals surface area contributed by atoms with E-state index in [4.69, 9.17) is 14.2 Å². The number of hydrogen-bond acceptors (Lipinski definition) is 8. The highest BCUT2D eigenvalue weighted by Gasteiger charge is 2.38. The van der Waals surface area contributed by atoms with Gasteiger partial charge in [0.15, 0.2) is 0 Å². The van der Waals surface area contributed by atoms with Gasteiger partial charge in [-0.1, -0.05) is 64.2 Å². The van der Waals surface area contributed by atoms with Crippen molar-refractivity contribution in [1.82, 2.24) is 0 Å². The van der Waals surface area contributed by atoms with Crippen LogP contribution in [0, 0.1) is 29.6 Å². The lowest BCUT2D eigenvalue weighted by molar-refractivity contribution is -0.157. The minimum absolute atomic E-state index is 0.0603. The van der Waals surface area contributed by atoms with Crippen molar-refractivity contribution in [1.29, 1.82) is 0 Å². The maximum Gasteiger partial charge on any atom is 0.309 e. The molecule has 2 aliphatic rings. The number of aliphatic hydroxyl groups excluding tert-OH is 2. The third-order valence-corrected chi connectivity index (χ3v) is 8.67. The number of carbonyl (C=O) groups is 2. The lowest BCUT2D eigenvalue weighted by Crippen LogP contribution is -2.42. The van der Waals surface area contributed by atoms with Gasteiger partial charge in [0.25, 0.3) is 0 Å². The predicted molar refractivity (Wildman–Crippen MR) is 159 cm³/mol. The van der Waals surface area contributed by atoms with E-state index in [1.54, 1.807) is 26.2 Å². The van der Waals surface area contributed by atoms with Crippen LogP contribution in [-0.4, -0.2) is 70.5 Å². The van der Waals surface area contributed by atoms with E-state index in [1.165, 1.54) is 6.92 Å². The molecule has 8 heteroatoms. The van der Waals surface area contributed by atoms with Gasteiger partial charge in [0.05, 0.1) is 24.7 Å². The first-order chi connectivity index (χ1) is 19.2. The van der Waals surface area contributed by atoms with Gasteiger partial charge in [0.1, 0.15) is 17.8 Å². The molecular weight excluding hydrogens is 524 g/mol. The molecule has 11 unspecified atom stereocenters. The summed E-state index contributed by atoms with van der Waals surface area (Å²) >= 11 is 0. The monoisotopic (exact) mass is 576 g/mol. The second-order valence-electron chi connectivity index (χ2n) is 12.2. The summed E-state index contributed by atoms with van der Waals surface area (Å²) in [6.07, 6.45) is 11.4. The maximum absolute atomic E-state index is 12.7. The van der Waals surface area contributed by atoms with Crippen molar-refractivity contribution in [3.05, 3.63) is 48.1 Å². The van der Waals surface area contributed by atoms with Crippen molar-refractivity contribution in [3.8, 4) is 0 Å². The Morgan fingerprint density at radius 3 is 2.41 bits per heavy atom. The first kappa shape index (κ1) is 34.9. The number of carbonyl (C=O) groups excluding carboxylic acids is 2. The molecule has 0 aromatic heterocycles. The van der Waals surface area contributed by atoms with E-state index in [1.807, 2.05) is 39.0 Å². The van der Waals surface area contributed by atoms with Crippen LogP contribution in [0.2, 0.25) is 0 Å². The van der Waals surface area contributed by atoms with E-state index >= 15 is 0 Å². The Balaban J connectivity index is 2.20. The van der Waals surface area contributed by atoms with Crippen LogP contribution in [0.15, 0.2) is 48.1 Å². The van der Waals surface area contributed by atoms with Crippen molar-refractivity contribution >= 4 is 11.9 Å². The zero-order chi connectivity index (χ0) is 30.9. The first-order valence-corrected chi connectivity index (χ1v) is 14.9. The standard InChI is InChI=1S/C33H52O8/c1-9-28(39-8)23(5)26-14-15-27(26)31(37)20(2)11-10-12-21(3)32-22(4)13-16-29(40-24(6)34)33(7,38)18-17-25(35)19-30(36)41-32/h10-16,20,22-23,25-29,31-32,35,37-38H,9,17-19H2,1-8H3. The predicted octanol–water partition coefficient (Wildman–Crippen LogP) is 4.68. The summed E-state index contributed by atoms with van der Waals surface area (Å²) in [6.45, 7) is 12.8. The molecule has 2 rings (SSSR count). The molecule has 3 N–H and O–H groups in total. The Morgan fingerprint density at radius 2 is 1.85 bits per heavy atom. The normalized spacial score (nSPS) is 34.5. The summed E-state index contributed by atoms with van der Waals surface area (Å²) < 4.78 is 16.8. The molecule has 1 aliphatic heterocycles. The van der Waals surface area contributed by atoms with E-state index in [2.05, 4.69) is 26.0 Å². The molecule has 0 amide bonds. The molecular formula is C33H52O8. The summed E-state index contributed by atoms with van der Waals surface area (Å²) in [5.74, 6) is -0.846. The van der Waals surface area contributed by atoms with Gasteiger partial charge >= 0.3 is 11.9 Å². The Morgan fingerprint density at radius 1 is 1.20 bits per heavy atom. The molecule has 0 saturated heterocycles. The van der Waals surface area contributed by atoms with Crippen LogP contribution in [0.1, 0.15) is 74.1 Å². The van der Waals surface area contributed by atoms with Crippen LogP contribution in [0.25, 0.3) is 0 Å². The van der Waals surface area contributed by atoms with Crippen molar-refractivity contribution in [2.24, 2.45) is 29.6 Å². The molecule has 8 nitrogen and oxygen atoms in total. The summed E-state index contributed by atoms with van der Waals surface area (Å²) in [7, 11) is 1.73. The number of cyclic esters (lactones) is 1. The second-order valence-corrected chi connectivity index (χ2v) is 12.2. The van der Waals surface area contributed by atoms with Crippen LogP contribution in [0.3, 0.4) is 0 Å². The molecule has 0 saturated carbocycles. The number of esters is 2. The van der Waals surface area contributed by atoms with Crippen molar-refractivity contribution < 1.29 is 39.1 Å². The zero-order valence-corrected chi connectivity index (χ0v) is 26.0. The molecule has 0 fully saturated rings. The topological polar surface area (TPSA) is 123 Å². The van der Waals surface area contributed by atoms with E-state index in [-0.39, 0.29) is 49.0 Å². The lowest BCUT2D eigenvalue weighted by Gasteiger charge is -2.41. The fraction of sp³-hybridized carbons (Fsp3) is 0.697. The minimum Gasteiger partial charge on any atom is -0.457 e. The van der Waals surface area contributed by atoms with Gasteiger partial charge in [-0.3, -0.25) is 9.59 Å². The summed E-state index contributed by atoms with van der Waals surface area (Å²) in [5.41, 5.74) is -0.642. The van der Waals surface area contributed by atoms with E-state index in [0.29, 0.717) is 5.92 Å². The fourth-order valence-corrected chi connectivity index (χ4v) is 5.81. The van der Waals surface area contributed by atoms with Gasteiger partial charge in [0, 0.05) is 31.8 Å². The van der Waals surface area contributed by atoms with Crippen LogP contribution >= 0.6 is 0 Å². The quantitative estimate of drug-likeness (QED) is 0.195. The number of methoxy groups -OCH3 is 1. The largest absolute Gasteiger partial charge is 0.457 e. The van der Waals surface area contributed by atoms with Gasteiger partial charge in [-0.05, 0) is 56.6 Å². The minimum atomic E-state index is -1.42. The van der Waals surface area contributed by atoms with Crippen LogP contribution < -0.4 is 0 Å². The Kier molecular flexibility index (Phi) is 13.5. The number of aliphatic hydroxyl groups is 3. The molecule has 1 aliphatic carbocycles. The van der Waals surface area contributed by atoms with Crippen LogP contribution in [-0.2, 0) is 23.8 Å². The molecule has 0 aromatic rings. The lowest BCUT2D eigenvalue weighted by atomic mass is 9.68. The smallest absolute Gasteiger partial charge is 0.309 e. The molecule has 0 spiro atoms. The highest BCUT2D eigenvalue weighted by molar-refractivity contribution is 5.70. The number of allylic oxidation sites excluding steroid dienone is 3. The molecule has 0 aromatic carbocycles. The third-order valence-electron chi connectivity index (χ3n) is 8.67. The SMILES string of the molecule is CCC(OC)C(C)C1C=CC1C(O)C(C)C=CC=C(C)C1OC(=O)CC(O)CCC(C)(O)C(OC(C)=O)C=CC1C. The fourth-order valence-electron chi connectivity index (χ4n) is 5.81. The van der Waals surface area contributed by atoms with Crippen LogP contribution in [0.5, 0.6) is 0 Å². The van der Waals surface area contributed by atoms with E-state index in [0.717, 1.165) is 12.0 Å². The summed E-state index contributed by atoms with van der Waals surface area (Å²) in [6, 6.07) is 0. The molecule has 41 heavy (non-hydrogen) atoms. The molecule has 0 radical (unpaired) electrons. The van der Waals surface area contributed by atoms with Gasteiger partial charge < -0.3 is 29.5 Å². The summed E-state index contributed by atoms with van der Waals surface area (Å²) in [5, 5.41) is 32.5. The van der Waals surface area contributed by atoms with E-state index in [9.17, 15) is 24.9 Å². The Hall–Kier alpha value is -2.26. The molecule has 0 bridgehead atoms. The van der Waals surface area contributed by atoms with Crippen molar-refractivity contribution in [3.63, 3.8) is 0 Å². The number of rotatable bonds is 10. The molecule has 1 heterocycles. The van der Waals surface area contributed by atoms with Gasteiger partial charge in [-0.2, -0.15) is 0 Å². The molecule has 232 valence electrons. The Labute approximate surface area is 246 Å². The Bertz CT molecular complexity index is 976. The third kappa shape index (κ3) is 9.91. The van der Waals surface area contributed by atoms with Gasteiger partial charge in [-0.25, -0.2) is 0 Å². The van der Waals surface area contributed by atoms with Crippen molar-refractivity contribution in [2.75, 3.05) is 7.11 Å². The van der Waals surface area contributed by atoms with Crippen LogP contribution in [0.4, 0.5) is 0 Å².